The fourth-order valence-electron chi connectivity index (χ4n) is 2.60. The Labute approximate surface area is 97.2 Å². The molecule has 0 radical (unpaired) electrons. The molecular weight excluding hydrogens is 202 g/mol. The van der Waals surface area contributed by atoms with Crippen LogP contribution in [0.3, 0.4) is 0 Å². The Balaban J connectivity index is 1.78. The number of ketones is 1. The fourth-order valence-corrected chi connectivity index (χ4v) is 2.60. The second-order valence-corrected chi connectivity index (χ2v) is 5.28. The minimum absolute atomic E-state index is 0.282. The summed E-state index contributed by atoms with van der Waals surface area (Å²) in [4.78, 5) is 25.0. The third kappa shape index (κ3) is 2.63. The summed E-state index contributed by atoms with van der Waals surface area (Å²) in [6.07, 6.45) is 7.51. The van der Waals surface area contributed by atoms with E-state index in [1.165, 1.54) is 19.3 Å². The lowest BCUT2D eigenvalue weighted by Crippen LogP contribution is -2.40. The molecule has 2 saturated carbocycles. The molecule has 0 atom stereocenters. The van der Waals surface area contributed by atoms with Crippen molar-refractivity contribution in [3.63, 3.8) is 0 Å². The molecule has 0 N–H and O–H groups in total. The van der Waals surface area contributed by atoms with Gasteiger partial charge in [-0.1, -0.05) is 6.42 Å². The van der Waals surface area contributed by atoms with E-state index in [1.807, 2.05) is 11.9 Å². The van der Waals surface area contributed by atoms with Crippen molar-refractivity contribution in [2.75, 3.05) is 7.05 Å². The minimum Gasteiger partial charge on any atom is -0.343 e. The summed E-state index contributed by atoms with van der Waals surface area (Å²) < 4.78 is 0. The van der Waals surface area contributed by atoms with Gasteiger partial charge in [0.05, 0.1) is 0 Å². The zero-order chi connectivity index (χ0) is 11.5. The second-order valence-electron chi connectivity index (χ2n) is 5.28. The number of Topliss-reactive ketones (excluding diaryl/α,β-unsaturated/α-hetero) is 1. The van der Waals surface area contributed by atoms with Crippen molar-refractivity contribution >= 4 is 11.7 Å². The third-order valence-electron chi connectivity index (χ3n) is 4.14. The molecule has 0 bridgehead atoms. The molecule has 2 aliphatic rings. The lowest BCUT2D eigenvalue weighted by Gasteiger charge is -2.33. The number of nitrogens with zero attached hydrogens (tertiary/aromatic N) is 1. The van der Waals surface area contributed by atoms with Crippen LogP contribution in [0.2, 0.25) is 0 Å². The molecule has 2 rings (SSSR count). The molecule has 90 valence electrons. The Hall–Kier alpha value is -0.860. The maximum absolute atomic E-state index is 12.0. The van der Waals surface area contributed by atoms with Gasteiger partial charge >= 0.3 is 0 Å². The second kappa shape index (κ2) is 4.98. The molecule has 2 fully saturated rings. The zero-order valence-electron chi connectivity index (χ0n) is 10.1. The van der Waals surface area contributed by atoms with E-state index < -0.39 is 0 Å². The van der Waals surface area contributed by atoms with Crippen molar-refractivity contribution in [3.8, 4) is 0 Å². The van der Waals surface area contributed by atoms with Gasteiger partial charge in [-0.15, -0.1) is 0 Å². The highest BCUT2D eigenvalue weighted by Crippen LogP contribution is 2.30. The van der Waals surface area contributed by atoms with Gasteiger partial charge in [-0.2, -0.15) is 0 Å². The molecule has 0 unspecified atom stereocenters. The van der Waals surface area contributed by atoms with E-state index in [0.29, 0.717) is 30.6 Å². The summed E-state index contributed by atoms with van der Waals surface area (Å²) >= 11 is 0. The summed E-state index contributed by atoms with van der Waals surface area (Å²) in [6, 6.07) is 0.310. The summed E-state index contributed by atoms with van der Waals surface area (Å²) in [7, 11) is 1.90. The summed E-state index contributed by atoms with van der Waals surface area (Å²) in [5.41, 5.74) is 0. The lowest BCUT2D eigenvalue weighted by atomic mass is 9.82. The molecule has 3 nitrogen and oxygen atoms in total. The molecule has 1 amide bonds. The normalized spacial score (nSPS) is 22.9. The SMILES string of the molecule is CN(C(=O)CC1CCC1)C1CCC(=O)CC1. The predicted molar refractivity (Wildman–Crippen MR) is 62.0 cm³/mol. The standard InChI is InChI=1S/C13H21NO2/c1-14(11-5-7-12(15)8-6-11)13(16)9-10-3-2-4-10/h10-11H,2-9H2,1H3. The number of amides is 1. The first-order chi connectivity index (χ1) is 7.66. The Morgan fingerprint density at radius 3 is 2.38 bits per heavy atom. The van der Waals surface area contributed by atoms with E-state index in [0.717, 1.165) is 19.3 Å². The first kappa shape index (κ1) is 11.6. The van der Waals surface area contributed by atoms with Crippen LogP contribution < -0.4 is 0 Å². The molecule has 0 aromatic heterocycles. The van der Waals surface area contributed by atoms with Gasteiger partial charge < -0.3 is 4.90 Å². The van der Waals surface area contributed by atoms with Crippen LogP contribution in [0.1, 0.15) is 51.4 Å². The average molecular weight is 223 g/mol. The monoisotopic (exact) mass is 223 g/mol. The molecule has 3 heteroatoms. The highest BCUT2D eigenvalue weighted by atomic mass is 16.2. The number of carbonyl (C=O) groups excluding carboxylic acids is 2. The van der Waals surface area contributed by atoms with Gasteiger partial charge in [-0.05, 0) is 31.6 Å². The van der Waals surface area contributed by atoms with E-state index in [9.17, 15) is 9.59 Å². The van der Waals surface area contributed by atoms with Crippen LogP contribution in [0.5, 0.6) is 0 Å². The lowest BCUT2D eigenvalue weighted by molar-refractivity contribution is -0.135. The molecule has 0 aliphatic heterocycles. The van der Waals surface area contributed by atoms with Crippen molar-refractivity contribution in [3.05, 3.63) is 0 Å². The maximum Gasteiger partial charge on any atom is 0.222 e. The van der Waals surface area contributed by atoms with E-state index >= 15 is 0 Å². The van der Waals surface area contributed by atoms with Crippen molar-refractivity contribution in [1.82, 2.24) is 4.90 Å². The van der Waals surface area contributed by atoms with Crippen LogP contribution in [-0.4, -0.2) is 29.7 Å². The summed E-state index contributed by atoms with van der Waals surface area (Å²) in [5.74, 6) is 1.28. The van der Waals surface area contributed by atoms with Crippen molar-refractivity contribution in [1.29, 1.82) is 0 Å². The van der Waals surface area contributed by atoms with Crippen LogP contribution in [0, 0.1) is 5.92 Å². The van der Waals surface area contributed by atoms with E-state index in [1.54, 1.807) is 0 Å². The summed E-state index contributed by atoms with van der Waals surface area (Å²) in [5, 5.41) is 0. The molecule has 16 heavy (non-hydrogen) atoms. The molecule has 0 saturated heterocycles. The van der Waals surface area contributed by atoms with Crippen molar-refractivity contribution in [2.24, 2.45) is 5.92 Å². The number of carbonyl (C=O) groups is 2. The van der Waals surface area contributed by atoms with Gasteiger partial charge in [-0.3, -0.25) is 9.59 Å². The largest absolute Gasteiger partial charge is 0.343 e. The van der Waals surface area contributed by atoms with Crippen LogP contribution >= 0.6 is 0 Å². The molecule has 0 aromatic rings. The van der Waals surface area contributed by atoms with Crippen molar-refractivity contribution in [2.45, 2.75) is 57.4 Å². The zero-order valence-corrected chi connectivity index (χ0v) is 10.1. The van der Waals surface area contributed by atoms with Gasteiger partial charge in [0, 0.05) is 32.4 Å². The molecule has 2 aliphatic carbocycles. The van der Waals surface area contributed by atoms with Crippen LogP contribution in [-0.2, 0) is 9.59 Å². The molecule has 0 spiro atoms. The third-order valence-corrected chi connectivity index (χ3v) is 4.14. The van der Waals surface area contributed by atoms with Gasteiger partial charge in [0.15, 0.2) is 0 Å². The highest BCUT2D eigenvalue weighted by molar-refractivity contribution is 5.80. The number of hydrogen-bond donors (Lipinski definition) is 0. The Morgan fingerprint density at radius 2 is 1.88 bits per heavy atom. The predicted octanol–water partition coefficient (Wildman–Crippen LogP) is 2.15. The number of hydrogen-bond acceptors (Lipinski definition) is 2. The number of rotatable bonds is 3. The maximum atomic E-state index is 12.0. The summed E-state index contributed by atoms with van der Waals surface area (Å²) in [6.45, 7) is 0. The first-order valence-electron chi connectivity index (χ1n) is 6.44. The minimum atomic E-state index is 0.282. The van der Waals surface area contributed by atoms with Crippen LogP contribution in [0.15, 0.2) is 0 Å². The van der Waals surface area contributed by atoms with Gasteiger partial charge in [0.2, 0.25) is 5.91 Å². The topological polar surface area (TPSA) is 37.4 Å². The van der Waals surface area contributed by atoms with Gasteiger partial charge in [-0.25, -0.2) is 0 Å². The molecular formula is C13H21NO2. The molecule has 0 heterocycles. The Bertz CT molecular complexity index is 274. The Morgan fingerprint density at radius 1 is 1.25 bits per heavy atom. The van der Waals surface area contributed by atoms with Crippen LogP contribution in [0.4, 0.5) is 0 Å². The van der Waals surface area contributed by atoms with E-state index in [-0.39, 0.29) is 5.91 Å². The average Bonchev–Trinajstić information content (AvgIpc) is 2.23. The quantitative estimate of drug-likeness (QED) is 0.735. The van der Waals surface area contributed by atoms with Crippen LogP contribution in [0.25, 0.3) is 0 Å². The first-order valence-corrected chi connectivity index (χ1v) is 6.44. The molecule has 0 aromatic carbocycles. The van der Waals surface area contributed by atoms with Gasteiger partial charge in [0.25, 0.3) is 0 Å². The van der Waals surface area contributed by atoms with Crippen molar-refractivity contribution < 1.29 is 9.59 Å². The smallest absolute Gasteiger partial charge is 0.222 e. The fraction of sp³-hybridized carbons (Fsp3) is 0.846. The van der Waals surface area contributed by atoms with E-state index in [4.69, 9.17) is 0 Å². The van der Waals surface area contributed by atoms with Gasteiger partial charge in [0.1, 0.15) is 5.78 Å². The Kier molecular flexibility index (Phi) is 3.62. The van der Waals surface area contributed by atoms with E-state index in [2.05, 4.69) is 0 Å². The highest BCUT2D eigenvalue weighted by Gasteiger charge is 2.28.